The summed E-state index contributed by atoms with van der Waals surface area (Å²) in [6.45, 7) is 12.5. The molecule has 1 aromatic heterocycles. The maximum atomic E-state index is 13.1. The maximum absolute atomic E-state index is 13.1. The number of aromatic nitrogens is 1. The minimum Gasteiger partial charge on any atom is -0.490 e. The average Bonchev–Trinajstić information content (AvgIpc) is 3.14. The largest absolute Gasteiger partial charge is 0.490 e. The highest BCUT2D eigenvalue weighted by Gasteiger charge is 2.20. The predicted molar refractivity (Wildman–Crippen MR) is 208 cm³/mol. The molecule has 1 fully saturated rings. The summed E-state index contributed by atoms with van der Waals surface area (Å²) in [7, 11) is 0. The number of nitrogens with zero attached hydrogens (tertiary/aromatic N) is 3. The second-order valence-corrected chi connectivity index (χ2v) is 14.0. The number of ether oxygens (including phenoxy) is 3. The fraction of sp³-hybridized carbons (Fsp3) is 0.273. The van der Waals surface area contributed by atoms with Crippen LogP contribution in [0.5, 0.6) is 23.1 Å². The molecule has 6 rings (SSSR count). The highest BCUT2D eigenvalue weighted by Crippen LogP contribution is 2.34. The molecule has 1 amide bonds. The van der Waals surface area contributed by atoms with Gasteiger partial charge in [0.15, 0.2) is 5.75 Å². The number of carbonyl (C=O) groups excluding carboxylic acids is 1. The van der Waals surface area contributed by atoms with Gasteiger partial charge in [0.1, 0.15) is 18.1 Å². The highest BCUT2D eigenvalue weighted by molar-refractivity contribution is 6.32. The third kappa shape index (κ3) is 10.5. The number of hydrogen-bond acceptors (Lipinski definition) is 6. The summed E-state index contributed by atoms with van der Waals surface area (Å²) in [5.74, 6) is 2.49. The van der Waals surface area contributed by atoms with E-state index in [-0.39, 0.29) is 12.0 Å². The van der Waals surface area contributed by atoms with Crippen molar-refractivity contribution in [3.05, 3.63) is 153 Å². The van der Waals surface area contributed by atoms with Crippen LogP contribution in [0.3, 0.4) is 0 Å². The number of aryl methyl sites for hydroxylation is 3. The van der Waals surface area contributed by atoms with E-state index in [4.69, 9.17) is 25.8 Å². The number of benzene rings is 4. The Balaban J connectivity index is 0.938. The van der Waals surface area contributed by atoms with E-state index in [9.17, 15) is 4.79 Å². The van der Waals surface area contributed by atoms with E-state index in [1.165, 1.54) is 22.3 Å². The van der Waals surface area contributed by atoms with E-state index >= 15 is 0 Å². The third-order valence-corrected chi connectivity index (χ3v) is 9.39. The Morgan fingerprint density at radius 1 is 0.808 bits per heavy atom. The number of hydrogen-bond donors (Lipinski definition) is 0. The number of pyridine rings is 1. The number of amides is 1. The van der Waals surface area contributed by atoms with E-state index in [1.54, 1.807) is 24.4 Å². The Bertz CT molecular complexity index is 1930. The van der Waals surface area contributed by atoms with E-state index in [0.29, 0.717) is 42.1 Å². The van der Waals surface area contributed by atoms with Crippen molar-refractivity contribution < 1.29 is 19.0 Å². The van der Waals surface area contributed by atoms with E-state index in [1.807, 2.05) is 42.2 Å². The van der Waals surface area contributed by atoms with Gasteiger partial charge in [-0.2, -0.15) is 0 Å². The molecule has 8 heteroatoms. The Kier molecular flexibility index (Phi) is 12.3. The summed E-state index contributed by atoms with van der Waals surface area (Å²) < 4.78 is 18.0. The Morgan fingerprint density at radius 2 is 1.44 bits per heavy atom. The molecule has 0 bridgehead atoms. The SMILES string of the molecule is Cc1ccc(COc2ccc(Oc3c(C)cc(C=CC(=O)N4CCN(Cc5ccc(CC(C)Oc6ccc(C)cc6)cc5)CC4)cc3Cl)nc2)cc1. The summed E-state index contributed by atoms with van der Waals surface area (Å²) in [5.41, 5.74) is 7.72. The highest BCUT2D eigenvalue weighted by atomic mass is 35.5. The van der Waals surface area contributed by atoms with E-state index < -0.39 is 0 Å². The minimum atomic E-state index is -0.00559. The van der Waals surface area contributed by atoms with Crippen molar-refractivity contribution in [3.8, 4) is 23.1 Å². The second-order valence-electron chi connectivity index (χ2n) is 13.6. The minimum absolute atomic E-state index is 0.00559. The molecule has 2 heterocycles. The lowest BCUT2D eigenvalue weighted by Crippen LogP contribution is -2.47. The molecule has 1 aliphatic heterocycles. The maximum Gasteiger partial charge on any atom is 0.246 e. The zero-order valence-electron chi connectivity index (χ0n) is 30.3. The van der Waals surface area contributed by atoms with Crippen LogP contribution >= 0.6 is 11.6 Å². The number of carbonyl (C=O) groups is 1. The van der Waals surface area contributed by atoms with Gasteiger partial charge < -0.3 is 19.1 Å². The van der Waals surface area contributed by atoms with Gasteiger partial charge in [-0.15, -0.1) is 0 Å². The lowest BCUT2D eigenvalue weighted by molar-refractivity contribution is -0.127. The molecule has 0 N–H and O–H groups in total. The molecule has 0 aliphatic carbocycles. The van der Waals surface area contributed by atoms with Crippen molar-refractivity contribution in [1.29, 1.82) is 0 Å². The van der Waals surface area contributed by atoms with Crippen LogP contribution in [0.25, 0.3) is 6.08 Å². The first kappa shape index (κ1) is 36.7. The molecule has 0 spiro atoms. The van der Waals surface area contributed by atoms with Crippen LogP contribution in [0.1, 0.15) is 45.9 Å². The fourth-order valence-electron chi connectivity index (χ4n) is 6.11. The Labute approximate surface area is 312 Å². The van der Waals surface area contributed by atoms with Gasteiger partial charge in [0, 0.05) is 51.3 Å². The summed E-state index contributed by atoms with van der Waals surface area (Å²) in [5, 5.41) is 0.445. The smallest absolute Gasteiger partial charge is 0.246 e. The van der Waals surface area contributed by atoms with Gasteiger partial charge in [-0.05, 0) is 91.9 Å². The summed E-state index contributed by atoms with van der Waals surface area (Å²) in [4.78, 5) is 21.8. The molecule has 52 heavy (non-hydrogen) atoms. The molecular weight excluding hydrogens is 670 g/mol. The lowest BCUT2D eigenvalue weighted by atomic mass is 10.1. The van der Waals surface area contributed by atoms with E-state index in [2.05, 4.69) is 91.3 Å². The predicted octanol–water partition coefficient (Wildman–Crippen LogP) is 9.40. The molecule has 1 aliphatic rings. The van der Waals surface area contributed by atoms with Crippen LogP contribution in [0, 0.1) is 20.8 Å². The molecule has 1 saturated heterocycles. The summed E-state index contributed by atoms with van der Waals surface area (Å²) in [6, 6.07) is 32.5. The van der Waals surface area contributed by atoms with Gasteiger partial charge >= 0.3 is 0 Å². The van der Waals surface area contributed by atoms with Crippen LogP contribution < -0.4 is 14.2 Å². The van der Waals surface area contributed by atoms with Crippen molar-refractivity contribution >= 4 is 23.6 Å². The molecule has 1 atom stereocenters. The zero-order valence-corrected chi connectivity index (χ0v) is 31.1. The molecular formula is C44H46ClN3O4. The molecule has 0 saturated carbocycles. The van der Waals surface area contributed by atoms with Crippen LogP contribution in [-0.4, -0.2) is 53.0 Å². The first-order valence-corrected chi connectivity index (χ1v) is 18.2. The quantitative estimate of drug-likeness (QED) is 0.113. The van der Waals surface area contributed by atoms with Gasteiger partial charge in [0.05, 0.1) is 17.3 Å². The third-order valence-electron chi connectivity index (χ3n) is 9.11. The molecule has 7 nitrogen and oxygen atoms in total. The van der Waals surface area contributed by atoms with Gasteiger partial charge in [-0.25, -0.2) is 4.98 Å². The van der Waals surface area contributed by atoms with Crippen LogP contribution in [0.15, 0.2) is 109 Å². The normalized spacial score (nSPS) is 14.0. The fourth-order valence-corrected chi connectivity index (χ4v) is 6.43. The topological polar surface area (TPSA) is 64.1 Å². The molecule has 4 aromatic carbocycles. The van der Waals surface area contributed by atoms with Crippen molar-refractivity contribution in [3.63, 3.8) is 0 Å². The van der Waals surface area contributed by atoms with Crippen LogP contribution in [0.2, 0.25) is 5.02 Å². The Hall–Kier alpha value is -5.11. The van der Waals surface area contributed by atoms with Crippen molar-refractivity contribution in [2.45, 2.75) is 53.4 Å². The van der Waals surface area contributed by atoms with Gasteiger partial charge in [-0.3, -0.25) is 9.69 Å². The van der Waals surface area contributed by atoms with Crippen molar-refractivity contribution in [2.75, 3.05) is 26.2 Å². The second kappa shape index (κ2) is 17.4. The van der Waals surface area contributed by atoms with Crippen LogP contribution in [-0.2, 0) is 24.4 Å². The average molecular weight is 716 g/mol. The number of piperazine rings is 1. The molecule has 5 aromatic rings. The molecule has 1 unspecified atom stereocenters. The number of halogens is 1. The van der Waals surface area contributed by atoms with Crippen molar-refractivity contribution in [1.82, 2.24) is 14.8 Å². The van der Waals surface area contributed by atoms with Crippen LogP contribution in [0.4, 0.5) is 0 Å². The van der Waals surface area contributed by atoms with Crippen molar-refractivity contribution in [2.24, 2.45) is 0 Å². The number of rotatable bonds is 13. The monoisotopic (exact) mass is 715 g/mol. The Morgan fingerprint density at radius 3 is 2.10 bits per heavy atom. The summed E-state index contributed by atoms with van der Waals surface area (Å²) in [6.07, 6.45) is 6.01. The van der Waals surface area contributed by atoms with E-state index in [0.717, 1.165) is 48.5 Å². The lowest BCUT2D eigenvalue weighted by Gasteiger charge is -2.34. The van der Waals surface area contributed by atoms with Gasteiger partial charge in [0.25, 0.3) is 0 Å². The first-order valence-electron chi connectivity index (χ1n) is 17.8. The van der Waals surface area contributed by atoms with Gasteiger partial charge in [-0.1, -0.05) is 83.4 Å². The zero-order chi connectivity index (χ0) is 36.5. The molecule has 268 valence electrons. The standard InChI is InChI=1S/C44H46ClN3O4/c1-31-5-9-37(10-6-31)30-50-40-18-19-42(46-28-40)52-44-33(3)25-38(27-41(44)45)15-20-43(49)48-23-21-47(22-24-48)29-36-13-11-35(12-14-36)26-34(4)51-39-16-7-32(2)8-17-39/h5-20,25,27-28,34H,21-24,26,29-30H2,1-4H3. The summed E-state index contributed by atoms with van der Waals surface area (Å²) >= 11 is 6.64. The first-order chi connectivity index (χ1) is 25.2. The molecule has 0 radical (unpaired) electrons. The van der Waals surface area contributed by atoms with Gasteiger partial charge in [0.2, 0.25) is 11.8 Å².